The highest BCUT2D eigenvalue weighted by atomic mass is 35.5. The molecule has 0 aliphatic carbocycles. The van der Waals surface area contributed by atoms with Gasteiger partial charge in [-0.3, -0.25) is 5.84 Å². The maximum Gasteiger partial charge on any atom is 0.165 e. The van der Waals surface area contributed by atoms with Crippen LogP contribution in [0, 0.1) is 5.82 Å². The highest BCUT2D eigenvalue weighted by Crippen LogP contribution is 2.30. The average Bonchev–Trinajstić information content (AvgIpc) is 2.32. The Morgan fingerprint density at radius 3 is 2.59 bits per heavy atom. The third kappa shape index (κ3) is 2.67. The van der Waals surface area contributed by atoms with Crippen molar-refractivity contribution in [1.29, 1.82) is 0 Å². The number of ether oxygens (including phenoxy) is 1. The molecular weight excluding hydrogens is 243 g/mol. The van der Waals surface area contributed by atoms with Crippen LogP contribution in [-0.4, -0.2) is 0 Å². The normalized spacial score (nSPS) is 10.1. The van der Waals surface area contributed by atoms with Crippen LogP contribution in [0.25, 0.3) is 0 Å². The molecule has 0 radical (unpaired) electrons. The second-order valence-corrected chi connectivity index (χ2v) is 3.73. The summed E-state index contributed by atoms with van der Waals surface area (Å²) in [5, 5.41) is 0.404. The number of hydrogen-bond donors (Lipinski definition) is 2. The molecule has 0 unspecified atom stereocenters. The van der Waals surface area contributed by atoms with Crippen LogP contribution in [0.3, 0.4) is 0 Å². The van der Waals surface area contributed by atoms with Gasteiger partial charge in [0, 0.05) is 6.07 Å². The van der Waals surface area contributed by atoms with E-state index >= 15 is 0 Å². The summed E-state index contributed by atoms with van der Waals surface area (Å²) in [6, 6.07) is 11.0. The number of rotatable bonds is 3. The summed E-state index contributed by atoms with van der Waals surface area (Å²) in [5.74, 6) is 5.41. The van der Waals surface area contributed by atoms with Gasteiger partial charge in [0.1, 0.15) is 5.75 Å². The summed E-state index contributed by atoms with van der Waals surface area (Å²) in [5.41, 5.74) is 3.01. The number of nitrogens with two attached hydrogens (primary N) is 1. The monoisotopic (exact) mass is 252 g/mol. The molecule has 17 heavy (non-hydrogen) atoms. The van der Waals surface area contributed by atoms with Gasteiger partial charge in [-0.05, 0) is 24.3 Å². The maximum atomic E-state index is 13.3. The number of halogens is 2. The van der Waals surface area contributed by atoms with Crippen molar-refractivity contribution in [3.05, 3.63) is 53.3 Å². The molecule has 0 atom stereocenters. The molecule has 0 saturated heterocycles. The first-order chi connectivity index (χ1) is 8.20. The van der Waals surface area contributed by atoms with Crippen LogP contribution < -0.4 is 16.0 Å². The average molecular weight is 253 g/mol. The lowest BCUT2D eigenvalue weighted by molar-refractivity contribution is 0.442. The molecule has 2 rings (SSSR count). The van der Waals surface area contributed by atoms with Gasteiger partial charge in [-0.2, -0.15) is 0 Å². The van der Waals surface area contributed by atoms with E-state index in [0.717, 1.165) is 0 Å². The lowest BCUT2D eigenvalue weighted by Gasteiger charge is -2.08. The van der Waals surface area contributed by atoms with E-state index in [2.05, 4.69) is 5.43 Å². The number of hydrazine groups is 1. The molecular formula is C12H10ClFN2O. The fraction of sp³-hybridized carbons (Fsp3) is 0. The zero-order valence-corrected chi connectivity index (χ0v) is 9.54. The summed E-state index contributed by atoms with van der Waals surface area (Å²) in [6.45, 7) is 0. The molecule has 2 aromatic rings. The van der Waals surface area contributed by atoms with Gasteiger partial charge < -0.3 is 10.2 Å². The van der Waals surface area contributed by atoms with E-state index in [1.165, 1.54) is 6.07 Å². The van der Waals surface area contributed by atoms with Crippen LogP contribution in [-0.2, 0) is 0 Å². The molecule has 0 heterocycles. The van der Waals surface area contributed by atoms with E-state index in [1.54, 1.807) is 36.4 Å². The molecule has 3 nitrogen and oxygen atoms in total. The zero-order valence-electron chi connectivity index (χ0n) is 8.78. The summed E-state index contributed by atoms with van der Waals surface area (Å²) in [6.07, 6.45) is 0. The molecule has 2 aromatic carbocycles. The Hall–Kier alpha value is -1.78. The minimum atomic E-state index is -0.426. The minimum absolute atomic E-state index is 0.150. The Morgan fingerprint density at radius 2 is 1.94 bits per heavy atom. The SMILES string of the molecule is NNc1ccc(Oc2ccccc2F)cc1Cl. The van der Waals surface area contributed by atoms with Crippen LogP contribution in [0.1, 0.15) is 0 Å². The first-order valence-electron chi connectivity index (χ1n) is 4.89. The second-order valence-electron chi connectivity index (χ2n) is 3.32. The first kappa shape index (κ1) is 11.7. The van der Waals surface area contributed by atoms with Gasteiger partial charge in [-0.25, -0.2) is 4.39 Å². The van der Waals surface area contributed by atoms with Gasteiger partial charge in [0.15, 0.2) is 11.6 Å². The molecule has 0 aromatic heterocycles. The lowest BCUT2D eigenvalue weighted by atomic mass is 10.3. The van der Waals surface area contributed by atoms with Gasteiger partial charge in [-0.15, -0.1) is 0 Å². The summed E-state index contributed by atoms with van der Waals surface area (Å²) in [7, 11) is 0. The summed E-state index contributed by atoms with van der Waals surface area (Å²) < 4.78 is 18.7. The lowest BCUT2D eigenvalue weighted by Crippen LogP contribution is -2.06. The van der Waals surface area contributed by atoms with Crippen molar-refractivity contribution in [3.8, 4) is 11.5 Å². The number of nitrogen functional groups attached to an aromatic ring is 1. The molecule has 0 fully saturated rings. The van der Waals surface area contributed by atoms with Gasteiger partial charge in [0.2, 0.25) is 0 Å². The molecule has 0 spiro atoms. The van der Waals surface area contributed by atoms with Crippen molar-refractivity contribution in [2.24, 2.45) is 5.84 Å². The summed E-state index contributed by atoms with van der Waals surface area (Å²) in [4.78, 5) is 0. The number of anilines is 1. The highest BCUT2D eigenvalue weighted by molar-refractivity contribution is 6.33. The Balaban J connectivity index is 2.25. The van der Waals surface area contributed by atoms with Crippen molar-refractivity contribution in [2.45, 2.75) is 0 Å². The van der Waals surface area contributed by atoms with Crippen molar-refractivity contribution in [3.63, 3.8) is 0 Å². The van der Waals surface area contributed by atoms with E-state index in [9.17, 15) is 4.39 Å². The Labute approximate surface area is 103 Å². The highest BCUT2D eigenvalue weighted by Gasteiger charge is 2.05. The van der Waals surface area contributed by atoms with Crippen molar-refractivity contribution < 1.29 is 9.13 Å². The van der Waals surface area contributed by atoms with Crippen LogP contribution in [0.15, 0.2) is 42.5 Å². The first-order valence-corrected chi connectivity index (χ1v) is 5.27. The number of nitrogens with one attached hydrogen (secondary N) is 1. The second kappa shape index (κ2) is 5.03. The fourth-order valence-electron chi connectivity index (χ4n) is 1.33. The molecule has 88 valence electrons. The van der Waals surface area contributed by atoms with Gasteiger partial charge >= 0.3 is 0 Å². The predicted octanol–water partition coefficient (Wildman–Crippen LogP) is 3.56. The Kier molecular flexibility index (Phi) is 3.46. The molecule has 0 amide bonds. The van der Waals surface area contributed by atoms with Crippen molar-refractivity contribution in [2.75, 3.05) is 5.43 Å². The van der Waals surface area contributed by atoms with E-state index in [0.29, 0.717) is 16.5 Å². The Morgan fingerprint density at radius 1 is 1.18 bits per heavy atom. The molecule has 0 aliphatic rings. The number of hydrogen-bond acceptors (Lipinski definition) is 3. The van der Waals surface area contributed by atoms with Crippen LogP contribution in [0.2, 0.25) is 5.02 Å². The largest absolute Gasteiger partial charge is 0.454 e. The van der Waals surface area contributed by atoms with Crippen LogP contribution >= 0.6 is 11.6 Å². The molecule has 0 saturated carbocycles. The molecule has 5 heteroatoms. The third-order valence-electron chi connectivity index (χ3n) is 2.16. The van der Waals surface area contributed by atoms with Crippen LogP contribution in [0.5, 0.6) is 11.5 Å². The standard InChI is InChI=1S/C12H10ClFN2O/c13-9-7-8(5-6-11(9)16-15)17-12-4-2-1-3-10(12)14/h1-7,16H,15H2. The number of para-hydroxylation sites is 1. The fourth-order valence-corrected chi connectivity index (χ4v) is 1.56. The zero-order chi connectivity index (χ0) is 12.3. The topological polar surface area (TPSA) is 47.3 Å². The third-order valence-corrected chi connectivity index (χ3v) is 2.47. The number of benzene rings is 2. The molecule has 0 bridgehead atoms. The van der Waals surface area contributed by atoms with E-state index in [-0.39, 0.29) is 5.75 Å². The van der Waals surface area contributed by atoms with Gasteiger partial charge in [0.25, 0.3) is 0 Å². The predicted molar refractivity (Wildman–Crippen MR) is 65.7 cm³/mol. The van der Waals surface area contributed by atoms with Crippen LogP contribution in [0.4, 0.5) is 10.1 Å². The Bertz CT molecular complexity index is 534. The van der Waals surface area contributed by atoms with Crippen molar-refractivity contribution in [1.82, 2.24) is 0 Å². The van der Waals surface area contributed by atoms with Gasteiger partial charge in [-0.1, -0.05) is 23.7 Å². The van der Waals surface area contributed by atoms with E-state index in [4.69, 9.17) is 22.2 Å². The van der Waals surface area contributed by atoms with E-state index in [1.807, 2.05) is 0 Å². The van der Waals surface area contributed by atoms with E-state index < -0.39 is 5.82 Å². The molecule has 0 aliphatic heterocycles. The maximum absolute atomic E-state index is 13.3. The molecule has 3 N–H and O–H groups in total. The minimum Gasteiger partial charge on any atom is -0.454 e. The van der Waals surface area contributed by atoms with Crippen molar-refractivity contribution >= 4 is 17.3 Å². The quantitative estimate of drug-likeness (QED) is 0.649. The summed E-state index contributed by atoms with van der Waals surface area (Å²) >= 11 is 5.92. The van der Waals surface area contributed by atoms with Gasteiger partial charge in [0.05, 0.1) is 10.7 Å². The smallest absolute Gasteiger partial charge is 0.165 e.